The number of hydrogen-bond acceptors (Lipinski definition) is 3. The van der Waals surface area contributed by atoms with Crippen molar-refractivity contribution in [2.45, 2.75) is 18.2 Å². The van der Waals surface area contributed by atoms with Crippen molar-refractivity contribution in [3.8, 4) is 0 Å². The van der Waals surface area contributed by atoms with E-state index in [4.69, 9.17) is 0 Å². The van der Waals surface area contributed by atoms with Crippen molar-refractivity contribution in [1.29, 1.82) is 0 Å². The van der Waals surface area contributed by atoms with Crippen LogP contribution < -0.4 is 9.62 Å². The van der Waals surface area contributed by atoms with E-state index in [1.54, 1.807) is 0 Å². The van der Waals surface area contributed by atoms with Gasteiger partial charge in [-0.1, -0.05) is 18.2 Å². The maximum atomic E-state index is 12.9. The SMILES string of the molecule is O=C1c2c(cccc2C(F)(F)F)N1Cc1ccc(NS(=O)(=O)C(F)(F)F)cc1. The first-order chi connectivity index (χ1) is 12.8. The van der Waals surface area contributed by atoms with Crippen LogP contribution >= 0.6 is 0 Å². The fourth-order valence-corrected chi connectivity index (χ4v) is 3.21. The summed E-state index contributed by atoms with van der Waals surface area (Å²) in [5.41, 5.74) is -6.84. The van der Waals surface area contributed by atoms with Crippen LogP contribution in [-0.4, -0.2) is 19.8 Å². The van der Waals surface area contributed by atoms with Crippen molar-refractivity contribution < 1.29 is 39.6 Å². The number of carbonyl (C=O) groups excluding carboxylic acids is 1. The summed E-state index contributed by atoms with van der Waals surface area (Å²) in [5.74, 6) is -0.829. The van der Waals surface area contributed by atoms with Crippen LogP contribution in [0.15, 0.2) is 42.5 Å². The largest absolute Gasteiger partial charge is 0.516 e. The van der Waals surface area contributed by atoms with Crippen molar-refractivity contribution in [1.82, 2.24) is 0 Å². The molecule has 0 saturated carbocycles. The van der Waals surface area contributed by atoms with Gasteiger partial charge in [0.2, 0.25) is 0 Å². The molecule has 0 unspecified atom stereocenters. The van der Waals surface area contributed by atoms with Crippen molar-refractivity contribution in [2.75, 3.05) is 9.62 Å². The Kier molecular flexibility index (Phi) is 4.57. The molecule has 0 saturated heterocycles. The summed E-state index contributed by atoms with van der Waals surface area (Å²) in [5, 5.41) is 0. The molecule has 0 aliphatic carbocycles. The topological polar surface area (TPSA) is 66.5 Å². The average molecular weight is 424 g/mol. The normalized spacial score (nSPS) is 14.5. The minimum Gasteiger partial charge on any atom is -0.303 e. The number of nitrogens with zero attached hydrogens (tertiary/aromatic N) is 1. The van der Waals surface area contributed by atoms with Crippen LogP contribution in [0, 0.1) is 0 Å². The Labute approximate surface area is 154 Å². The highest BCUT2D eigenvalue weighted by Gasteiger charge is 2.46. The van der Waals surface area contributed by atoms with Gasteiger partial charge in [0, 0.05) is 5.69 Å². The number of nitrogens with one attached hydrogen (secondary N) is 1. The first kappa shape index (κ1) is 20.0. The zero-order valence-corrected chi connectivity index (χ0v) is 14.4. The first-order valence-electron chi connectivity index (χ1n) is 7.51. The van der Waals surface area contributed by atoms with Gasteiger partial charge >= 0.3 is 21.7 Å². The number of benzene rings is 2. The second-order valence-corrected chi connectivity index (χ2v) is 7.51. The quantitative estimate of drug-likeness (QED) is 0.751. The summed E-state index contributed by atoms with van der Waals surface area (Å²) in [6.45, 7) is -0.126. The average Bonchev–Trinajstić information content (AvgIpc) is 2.58. The van der Waals surface area contributed by atoms with E-state index in [9.17, 15) is 39.6 Å². The van der Waals surface area contributed by atoms with Gasteiger partial charge in [0.05, 0.1) is 23.4 Å². The van der Waals surface area contributed by atoms with E-state index in [-0.39, 0.29) is 17.9 Å². The number of alkyl halides is 6. The number of carbonyl (C=O) groups is 1. The molecule has 1 amide bonds. The molecule has 1 aliphatic heterocycles. The molecule has 12 heteroatoms. The Hall–Kier alpha value is -2.76. The number of fused-ring (bicyclic) bond motifs is 1. The Bertz CT molecular complexity index is 1030. The van der Waals surface area contributed by atoms with Crippen LogP contribution in [0.4, 0.5) is 37.7 Å². The van der Waals surface area contributed by atoms with E-state index in [1.165, 1.54) is 22.9 Å². The fourth-order valence-electron chi connectivity index (χ4n) is 2.65. The number of rotatable bonds is 4. The van der Waals surface area contributed by atoms with Crippen LogP contribution in [0.5, 0.6) is 0 Å². The molecule has 0 aromatic heterocycles. The van der Waals surface area contributed by atoms with Crippen molar-refractivity contribution in [3.05, 3.63) is 59.2 Å². The third-order valence-electron chi connectivity index (χ3n) is 3.95. The van der Waals surface area contributed by atoms with E-state index in [1.807, 2.05) is 0 Å². The van der Waals surface area contributed by atoms with E-state index >= 15 is 0 Å². The Balaban J connectivity index is 1.77. The van der Waals surface area contributed by atoms with E-state index in [0.717, 1.165) is 29.2 Å². The Morgan fingerprint density at radius 3 is 2.07 bits per heavy atom. The molecule has 1 heterocycles. The molecule has 0 atom stereocenters. The molecule has 150 valence electrons. The molecule has 0 fully saturated rings. The second kappa shape index (κ2) is 6.40. The third kappa shape index (κ3) is 3.51. The zero-order valence-electron chi connectivity index (χ0n) is 13.6. The highest BCUT2D eigenvalue weighted by Crippen LogP contribution is 2.43. The summed E-state index contributed by atoms with van der Waals surface area (Å²) in [6, 6.07) is 7.93. The highest BCUT2D eigenvalue weighted by molar-refractivity contribution is 7.93. The molecule has 0 spiro atoms. The second-order valence-electron chi connectivity index (χ2n) is 5.84. The van der Waals surface area contributed by atoms with Gasteiger partial charge in [-0.05, 0) is 29.8 Å². The summed E-state index contributed by atoms with van der Waals surface area (Å²) >= 11 is 0. The van der Waals surface area contributed by atoms with Gasteiger partial charge in [0.25, 0.3) is 5.91 Å². The molecule has 1 aliphatic rings. The highest BCUT2D eigenvalue weighted by atomic mass is 32.2. The molecule has 2 aromatic carbocycles. The molecule has 0 radical (unpaired) electrons. The standard InChI is InChI=1S/C16H10F6N2O3S/c17-15(18,19)11-2-1-3-12-13(11)14(25)24(12)8-9-4-6-10(7-5-9)23-28(26,27)16(20,21)22/h1-7,23H,8H2. The smallest absolute Gasteiger partial charge is 0.303 e. The lowest BCUT2D eigenvalue weighted by Crippen LogP contribution is -2.42. The van der Waals surface area contributed by atoms with Gasteiger partial charge in [-0.15, -0.1) is 0 Å². The number of anilines is 2. The maximum Gasteiger partial charge on any atom is 0.516 e. The van der Waals surface area contributed by atoms with Gasteiger partial charge in [-0.2, -0.15) is 34.8 Å². The zero-order chi connectivity index (χ0) is 20.9. The van der Waals surface area contributed by atoms with Gasteiger partial charge in [-0.3, -0.25) is 9.52 Å². The molecule has 3 rings (SSSR count). The predicted octanol–water partition coefficient (Wildman–Crippen LogP) is 4.13. The number of halogens is 6. The molecule has 0 bridgehead atoms. The number of sulfonamides is 1. The minimum atomic E-state index is -5.57. The summed E-state index contributed by atoms with van der Waals surface area (Å²) in [4.78, 5) is 13.2. The van der Waals surface area contributed by atoms with Crippen LogP contribution in [0.1, 0.15) is 21.5 Å². The summed E-state index contributed by atoms with van der Waals surface area (Å²) < 4.78 is 99.3. The summed E-state index contributed by atoms with van der Waals surface area (Å²) in [6.07, 6.45) is -4.68. The van der Waals surface area contributed by atoms with Crippen LogP contribution in [-0.2, 0) is 22.7 Å². The van der Waals surface area contributed by atoms with Gasteiger partial charge in [0.1, 0.15) is 0 Å². The van der Waals surface area contributed by atoms with E-state index in [2.05, 4.69) is 0 Å². The minimum absolute atomic E-state index is 0.0849. The summed E-state index contributed by atoms with van der Waals surface area (Å²) in [7, 11) is -5.57. The van der Waals surface area contributed by atoms with E-state index in [0.29, 0.717) is 5.56 Å². The molecule has 1 N–H and O–H groups in total. The van der Waals surface area contributed by atoms with Crippen molar-refractivity contribution >= 4 is 27.3 Å². The monoisotopic (exact) mass is 424 g/mol. The van der Waals surface area contributed by atoms with Gasteiger partial charge < -0.3 is 4.90 Å². The molecular weight excluding hydrogens is 414 g/mol. The molecular formula is C16H10F6N2O3S. The number of hydrogen-bond donors (Lipinski definition) is 1. The molecule has 5 nitrogen and oxygen atoms in total. The predicted molar refractivity (Wildman–Crippen MR) is 87.0 cm³/mol. The first-order valence-corrected chi connectivity index (χ1v) is 9.00. The lowest BCUT2D eigenvalue weighted by molar-refractivity contribution is -0.138. The van der Waals surface area contributed by atoms with Crippen LogP contribution in [0.25, 0.3) is 0 Å². The van der Waals surface area contributed by atoms with E-state index < -0.39 is 38.7 Å². The lowest BCUT2D eigenvalue weighted by Gasteiger charge is -2.35. The Morgan fingerprint density at radius 1 is 0.929 bits per heavy atom. The molecule has 2 aromatic rings. The van der Waals surface area contributed by atoms with Crippen LogP contribution in [0.2, 0.25) is 0 Å². The van der Waals surface area contributed by atoms with Crippen molar-refractivity contribution in [3.63, 3.8) is 0 Å². The van der Waals surface area contributed by atoms with Gasteiger partial charge in [0.15, 0.2) is 0 Å². The maximum absolute atomic E-state index is 12.9. The van der Waals surface area contributed by atoms with Crippen LogP contribution in [0.3, 0.4) is 0 Å². The third-order valence-corrected chi connectivity index (χ3v) is 5.06. The fraction of sp³-hybridized carbons (Fsp3) is 0.188. The van der Waals surface area contributed by atoms with Crippen molar-refractivity contribution in [2.24, 2.45) is 0 Å². The number of amides is 1. The Morgan fingerprint density at radius 2 is 1.54 bits per heavy atom. The van der Waals surface area contributed by atoms with Gasteiger partial charge in [-0.25, -0.2) is 0 Å². The molecule has 28 heavy (non-hydrogen) atoms. The lowest BCUT2D eigenvalue weighted by atomic mass is 9.95.